The molecule has 2 nitrogen and oxygen atoms in total. The summed E-state index contributed by atoms with van der Waals surface area (Å²) in [5, 5.41) is 0.277. The predicted octanol–water partition coefficient (Wildman–Crippen LogP) is 2.57. The first-order chi connectivity index (χ1) is 6.97. The lowest BCUT2D eigenvalue weighted by atomic mass is 9.98. The van der Waals surface area contributed by atoms with E-state index < -0.39 is 5.82 Å². The van der Waals surface area contributed by atoms with Crippen molar-refractivity contribution >= 4 is 17.4 Å². The molecule has 1 rings (SSSR count). The maximum atomic E-state index is 13.2. The van der Waals surface area contributed by atoms with E-state index in [0.717, 1.165) is 0 Å². The van der Waals surface area contributed by atoms with Crippen LogP contribution in [0.15, 0.2) is 12.1 Å². The number of Topliss-reactive ketones (excluding diaryl/α,β-unsaturated/α-hetero) is 1. The Hall–Kier alpha value is -0.930. The quantitative estimate of drug-likeness (QED) is 0.810. The summed E-state index contributed by atoms with van der Waals surface area (Å²) >= 11 is 5.87. The van der Waals surface area contributed by atoms with Gasteiger partial charge in [0.25, 0.3) is 0 Å². The molecule has 0 heterocycles. The molecule has 0 aliphatic carbocycles. The van der Waals surface area contributed by atoms with Gasteiger partial charge in [0.1, 0.15) is 5.82 Å². The van der Waals surface area contributed by atoms with Crippen LogP contribution in [0.4, 0.5) is 4.39 Å². The van der Waals surface area contributed by atoms with Gasteiger partial charge in [0.15, 0.2) is 5.78 Å². The van der Waals surface area contributed by atoms with Gasteiger partial charge in [-0.3, -0.25) is 4.79 Å². The van der Waals surface area contributed by atoms with Gasteiger partial charge in [-0.25, -0.2) is 4.39 Å². The zero-order valence-electron chi connectivity index (χ0n) is 8.68. The van der Waals surface area contributed by atoms with Crippen LogP contribution >= 0.6 is 11.6 Å². The summed E-state index contributed by atoms with van der Waals surface area (Å²) in [5.41, 5.74) is 6.00. The van der Waals surface area contributed by atoms with Crippen LogP contribution in [0.25, 0.3) is 0 Å². The Bertz CT molecular complexity index is 392. The molecule has 0 aromatic heterocycles. The minimum atomic E-state index is -0.424. The molecular formula is C11H13ClFNO. The van der Waals surface area contributed by atoms with E-state index in [2.05, 4.69) is 0 Å². The smallest absolute Gasteiger partial charge is 0.168 e. The van der Waals surface area contributed by atoms with E-state index in [9.17, 15) is 9.18 Å². The number of carbonyl (C=O) groups excluding carboxylic acids is 1. The lowest BCUT2D eigenvalue weighted by Gasteiger charge is -2.10. The van der Waals surface area contributed by atoms with Gasteiger partial charge in [-0.2, -0.15) is 0 Å². The first-order valence-corrected chi connectivity index (χ1v) is 5.05. The standard InChI is InChI=1S/C11H13ClFNO/c1-6-3-9(12)8(4-10(6)13)11(15)7(2)5-14/h3-4,7H,5,14H2,1-2H3. The van der Waals surface area contributed by atoms with Crippen molar-refractivity contribution in [1.29, 1.82) is 0 Å². The van der Waals surface area contributed by atoms with Crippen LogP contribution in [0.1, 0.15) is 22.8 Å². The Balaban J connectivity index is 3.15. The van der Waals surface area contributed by atoms with Gasteiger partial charge < -0.3 is 5.73 Å². The SMILES string of the molecule is Cc1cc(Cl)c(C(=O)C(C)CN)cc1F. The number of nitrogens with two attached hydrogens (primary N) is 1. The maximum absolute atomic E-state index is 13.2. The highest BCUT2D eigenvalue weighted by Gasteiger charge is 2.18. The second kappa shape index (κ2) is 4.73. The van der Waals surface area contributed by atoms with Gasteiger partial charge in [-0.15, -0.1) is 0 Å². The fourth-order valence-electron chi connectivity index (χ4n) is 1.21. The number of aryl methyl sites for hydroxylation is 1. The van der Waals surface area contributed by atoms with Gasteiger partial charge >= 0.3 is 0 Å². The van der Waals surface area contributed by atoms with Gasteiger partial charge in [-0.05, 0) is 24.6 Å². The largest absolute Gasteiger partial charge is 0.330 e. The molecule has 4 heteroatoms. The topological polar surface area (TPSA) is 43.1 Å². The fraction of sp³-hybridized carbons (Fsp3) is 0.364. The summed E-state index contributed by atoms with van der Waals surface area (Å²) in [5.74, 6) is -0.988. The average Bonchev–Trinajstić information content (AvgIpc) is 2.21. The van der Waals surface area contributed by atoms with Crippen LogP contribution < -0.4 is 5.73 Å². The Kier molecular flexibility index (Phi) is 3.83. The summed E-state index contributed by atoms with van der Waals surface area (Å²) in [6, 6.07) is 2.62. The first-order valence-electron chi connectivity index (χ1n) is 4.67. The minimum absolute atomic E-state index is 0.206. The summed E-state index contributed by atoms with van der Waals surface area (Å²) in [4.78, 5) is 11.7. The highest BCUT2D eigenvalue weighted by Crippen LogP contribution is 2.22. The number of carbonyl (C=O) groups is 1. The third-order valence-corrected chi connectivity index (χ3v) is 2.63. The third-order valence-electron chi connectivity index (χ3n) is 2.31. The molecule has 15 heavy (non-hydrogen) atoms. The highest BCUT2D eigenvalue weighted by molar-refractivity contribution is 6.34. The molecule has 0 fully saturated rings. The van der Waals surface area contributed by atoms with E-state index in [-0.39, 0.29) is 28.8 Å². The molecule has 1 unspecified atom stereocenters. The molecule has 0 aliphatic heterocycles. The molecule has 0 bridgehead atoms. The number of hydrogen-bond acceptors (Lipinski definition) is 2. The number of halogens is 2. The Morgan fingerprint density at radius 1 is 1.60 bits per heavy atom. The van der Waals surface area contributed by atoms with Crippen LogP contribution in [-0.2, 0) is 0 Å². The molecule has 0 saturated carbocycles. The van der Waals surface area contributed by atoms with E-state index in [4.69, 9.17) is 17.3 Å². The molecule has 2 N–H and O–H groups in total. The lowest BCUT2D eigenvalue weighted by molar-refractivity contribution is 0.0934. The van der Waals surface area contributed by atoms with Crippen molar-refractivity contribution in [3.63, 3.8) is 0 Å². The zero-order valence-corrected chi connectivity index (χ0v) is 9.44. The molecule has 1 atom stereocenters. The number of hydrogen-bond donors (Lipinski definition) is 1. The molecule has 0 radical (unpaired) electrons. The zero-order chi connectivity index (χ0) is 11.6. The summed E-state index contributed by atoms with van der Waals surface area (Å²) < 4.78 is 13.2. The number of rotatable bonds is 3. The van der Waals surface area contributed by atoms with Crippen LogP contribution in [0, 0.1) is 18.7 Å². The normalized spacial score (nSPS) is 12.6. The van der Waals surface area contributed by atoms with E-state index in [1.54, 1.807) is 13.8 Å². The molecule has 0 amide bonds. The summed E-state index contributed by atoms with van der Waals surface area (Å²) in [6.45, 7) is 3.52. The molecule has 1 aromatic carbocycles. The van der Waals surface area contributed by atoms with Gasteiger partial charge in [0.2, 0.25) is 0 Å². The minimum Gasteiger partial charge on any atom is -0.330 e. The van der Waals surface area contributed by atoms with Crippen molar-refractivity contribution in [2.45, 2.75) is 13.8 Å². The van der Waals surface area contributed by atoms with Crippen molar-refractivity contribution in [2.24, 2.45) is 11.7 Å². The van der Waals surface area contributed by atoms with Crippen LogP contribution in [0.5, 0.6) is 0 Å². The fourth-order valence-corrected chi connectivity index (χ4v) is 1.52. The van der Waals surface area contributed by atoms with E-state index in [1.165, 1.54) is 12.1 Å². The second-order valence-corrected chi connectivity index (χ2v) is 3.99. The van der Waals surface area contributed by atoms with E-state index in [0.29, 0.717) is 5.56 Å². The lowest BCUT2D eigenvalue weighted by Crippen LogP contribution is -2.21. The van der Waals surface area contributed by atoms with Crippen molar-refractivity contribution in [1.82, 2.24) is 0 Å². The van der Waals surface area contributed by atoms with E-state index >= 15 is 0 Å². The first kappa shape index (κ1) is 12.1. The monoisotopic (exact) mass is 229 g/mol. The third kappa shape index (κ3) is 2.55. The summed E-state index contributed by atoms with van der Waals surface area (Å²) in [7, 11) is 0. The van der Waals surface area contributed by atoms with Crippen molar-refractivity contribution in [2.75, 3.05) is 6.54 Å². The maximum Gasteiger partial charge on any atom is 0.168 e. The summed E-state index contributed by atoms with van der Waals surface area (Å²) in [6.07, 6.45) is 0. The molecule has 0 aliphatic rings. The Morgan fingerprint density at radius 2 is 2.20 bits per heavy atom. The Labute approximate surface area is 93.2 Å². The van der Waals surface area contributed by atoms with Crippen molar-refractivity contribution in [3.05, 3.63) is 34.1 Å². The van der Waals surface area contributed by atoms with Gasteiger partial charge in [-0.1, -0.05) is 18.5 Å². The van der Waals surface area contributed by atoms with E-state index in [1.807, 2.05) is 0 Å². The molecule has 82 valence electrons. The average molecular weight is 230 g/mol. The van der Waals surface area contributed by atoms with Gasteiger partial charge in [0, 0.05) is 18.0 Å². The predicted molar refractivity (Wildman–Crippen MR) is 58.7 cm³/mol. The van der Waals surface area contributed by atoms with Crippen LogP contribution in [0.3, 0.4) is 0 Å². The molecule has 0 saturated heterocycles. The van der Waals surface area contributed by atoms with Crippen molar-refractivity contribution < 1.29 is 9.18 Å². The van der Waals surface area contributed by atoms with Gasteiger partial charge in [0.05, 0.1) is 5.02 Å². The highest BCUT2D eigenvalue weighted by atomic mass is 35.5. The molecule has 0 spiro atoms. The van der Waals surface area contributed by atoms with Crippen LogP contribution in [-0.4, -0.2) is 12.3 Å². The van der Waals surface area contributed by atoms with Crippen LogP contribution in [0.2, 0.25) is 5.02 Å². The molecular weight excluding hydrogens is 217 g/mol. The van der Waals surface area contributed by atoms with Crippen molar-refractivity contribution in [3.8, 4) is 0 Å². The second-order valence-electron chi connectivity index (χ2n) is 3.58. The molecule has 1 aromatic rings. The number of benzene rings is 1. The number of ketones is 1. The Morgan fingerprint density at radius 3 is 2.73 bits per heavy atom.